The Morgan fingerprint density at radius 3 is 2.38 bits per heavy atom. The van der Waals surface area contributed by atoms with Gasteiger partial charge in [-0.25, -0.2) is 0 Å². The van der Waals surface area contributed by atoms with E-state index in [1.807, 2.05) is 0 Å². The second-order valence-corrected chi connectivity index (χ2v) is 5.63. The van der Waals surface area contributed by atoms with Crippen LogP contribution >= 0.6 is 0 Å². The van der Waals surface area contributed by atoms with Crippen LogP contribution in [-0.4, -0.2) is 12.4 Å². The predicted octanol–water partition coefficient (Wildman–Crippen LogP) is 2.58. The van der Waals surface area contributed by atoms with Gasteiger partial charge in [0.2, 0.25) is 0 Å². The van der Waals surface area contributed by atoms with Crippen molar-refractivity contribution in [1.29, 1.82) is 0 Å². The fraction of sp³-hybridized carbons (Fsp3) is 0.429. The van der Waals surface area contributed by atoms with Crippen molar-refractivity contribution in [3.63, 3.8) is 0 Å². The van der Waals surface area contributed by atoms with Crippen LogP contribution in [0.3, 0.4) is 0 Å². The lowest BCUT2D eigenvalue weighted by atomic mass is 9.84. The summed E-state index contributed by atoms with van der Waals surface area (Å²) in [6.07, 6.45) is 2.21. The SMILES string of the molecule is [B]c1cc2c(C(C)(C)C)cn(C)c2cc1C. The van der Waals surface area contributed by atoms with Gasteiger partial charge in [0.1, 0.15) is 7.85 Å². The van der Waals surface area contributed by atoms with E-state index in [4.69, 9.17) is 7.85 Å². The molecular formula is C14H18BN. The Kier molecular flexibility index (Phi) is 2.41. The predicted molar refractivity (Wildman–Crippen MR) is 71.7 cm³/mol. The van der Waals surface area contributed by atoms with E-state index in [0.29, 0.717) is 0 Å². The van der Waals surface area contributed by atoms with E-state index in [2.05, 4.69) is 57.6 Å². The largest absolute Gasteiger partial charge is 0.350 e. The average molecular weight is 211 g/mol. The first-order valence-corrected chi connectivity index (χ1v) is 5.66. The normalized spacial score (nSPS) is 12.3. The van der Waals surface area contributed by atoms with Crippen molar-refractivity contribution in [2.45, 2.75) is 33.1 Å². The molecule has 0 saturated heterocycles. The summed E-state index contributed by atoms with van der Waals surface area (Å²) < 4.78 is 2.18. The van der Waals surface area contributed by atoms with Crippen LogP contribution in [0.1, 0.15) is 31.9 Å². The minimum absolute atomic E-state index is 0.154. The van der Waals surface area contributed by atoms with Crippen molar-refractivity contribution >= 4 is 24.2 Å². The summed E-state index contributed by atoms with van der Waals surface area (Å²) in [7, 11) is 8.09. The summed E-state index contributed by atoms with van der Waals surface area (Å²) in [6.45, 7) is 8.76. The Labute approximate surface area is 98.9 Å². The number of rotatable bonds is 0. The van der Waals surface area contributed by atoms with Gasteiger partial charge < -0.3 is 4.57 Å². The molecule has 0 amide bonds. The second-order valence-electron chi connectivity index (χ2n) is 5.63. The topological polar surface area (TPSA) is 4.93 Å². The fourth-order valence-corrected chi connectivity index (χ4v) is 2.15. The second kappa shape index (κ2) is 3.41. The molecule has 0 unspecified atom stereocenters. The van der Waals surface area contributed by atoms with Gasteiger partial charge in [-0.3, -0.25) is 0 Å². The number of aryl methyl sites for hydroxylation is 2. The highest BCUT2D eigenvalue weighted by Gasteiger charge is 2.19. The molecule has 0 bridgehead atoms. The maximum Gasteiger partial charge on any atom is 0.114 e. The molecule has 2 heteroatoms. The maximum atomic E-state index is 6.00. The number of fused-ring (bicyclic) bond motifs is 1. The maximum absolute atomic E-state index is 6.00. The smallest absolute Gasteiger partial charge is 0.114 e. The molecule has 1 nitrogen and oxygen atoms in total. The molecular weight excluding hydrogens is 193 g/mol. The molecule has 1 heterocycles. The van der Waals surface area contributed by atoms with Gasteiger partial charge in [-0.15, -0.1) is 0 Å². The van der Waals surface area contributed by atoms with Crippen LogP contribution in [0, 0.1) is 6.92 Å². The minimum atomic E-state index is 0.154. The summed E-state index contributed by atoms with van der Waals surface area (Å²) >= 11 is 0. The number of hydrogen-bond donors (Lipinski definition) is 0. The summed E-state index contributed by atoms with van der Waals surface area (Å²) in [4.78, 5) is 0. The van der Waals surface area contributed by atoms with Crippen LogP contribution in [0.25, 0.3) is 10.9 Å². The summed E-state index contributed by atoms with van der Waals surface area (Å²) in [5.41, 5.74) is 4.80. The Balaban J connectivity index is 2.84. The van der Waals surface area contributed by atoms with Gasteiger partial charge in [-0.1, -0.05) is 37.9 Å². The minimum Gasteiger partial charge on any atom is -0.350 e. The van der Waals surface area contributed by atoms with E-state index in [9.17, 15) is 0 Å². The van der Waals surface area contributed by atoms with Crippen LogP contribution in [-0.2, 0) is 12.5 Å². The van der Waals surface area contributed by atoms with E-state index in [1.54, 1.807) is 0 Å². The quantitative estimate of drug-likeness (QED) is 0.590. The highest BCUT2D eigenvalue weighted by atomic mass is 14.9. The van der Waals surface area contributed by atoms with Crippen LogP contribution in [0.2, 0.25) is 0 Å². The number of aromatic nitrogens is 1. The standard InChI is InChI=1S/C14H18BN/c1-9-6-13-10(7-12(9)15)11(8-16(13)5)14(2,3)4/h6-8H,1-5H3. The molecule has 1 aromatic heterocycles. The molecule has 16 heavy (non-hydrogen) atoms. The molecule has 0 saturated carbocycles. The highest BCUT2D eigenvalue weighted by molar-refractivity contribution is 6.34. The molecule has 0 N–H and O–H groups in total. The highest BCUT2D eigenvalue weighted by Crippen LogP contribution is 2.31. The fourth-order valence-electron chi connectivity index (χ4n) is 2.15. The molecule has 0 spiro atoms. The van der Waals surface area contributed by atoms with Crippen molar-refractivity contribution in [2.75, 3.05) is 0 Å². The summed E-state index contributed by atoms with van der Waals surface area (Å²) in [6, 6.07) is 4.27. The van der Waals surface area contributed by atoms with Crippen molar-refractivity contribution in [2.24, 2.45) is 7.05 Å². The number of hydrogen-bond acceptors (Lipinski definition) is 0. The first kappa shape index (κ1) is 11.3. The van der Waals surface area contributed by atoms with Crippen molar-refractivity contribution < 1.29 is 0 Å². The van der Waals surface area contributed by atoms with E-state index in [-0.39, 0.29) is 5.41 Å². The van der Waals surface area contributed by atoms with Crippen LogP contribution in [0.4, 0.5) is 0 Å². The Hall–Kier alpha value is -1.18. The lowest BCUT2D eigenvalue weighted by Gasteiger charge is -2.17. The number of benzene rings is 1. The molecule has 0 aliphatic heterocycles. The van der Waals surface area contributed by atoms with E-state index < -0.39 is 0 Å². The molecule has 0 atom stereocenters. The van der Waals surface area contributed by atoms with Crippen LogP contribution in [0.5, 0.6) is 0 Å². The van der Waals surface area contributed by atoms with E-state index in [1.165, 1.54) is 16.5 Å². The summed E-state index contributed by atoms with van der Waals surface area (Å²) in [5, 5.41) is 1.28. The zero-order valence-corrected chi connectivity index (χ0v) is 10.8. The molecule has 2 aromatic rings. The number of nitrogens with zero attached hydrogens (tertiary/aromatic N) is 1. The van der Waals surface area contributed by atoms with Crippen molar-refractivity contribution in [3.8, 4) is 0 Å². The third-order valence-corrected chi connectivity index (χ3v) is 3.19. The first-order chi connectivity index (χ1) is 7.30. The zero-order chi connectivity index (χ0) is 12.1. The summed E-state index contributed by atoms with van der Waals surface area (Å²) in [5.74, 6) is 0. The lowest BCUT2D eigenvalue weighted by Crippen LogP contribution is -2.12. The van der Waals surface area contributed by atoms with Crippen molar-refractivity contribution in [1.82, 2.24) is 4.57 Å². The Morgan fingerprint density at radius 2 is 1.81 bits per heavy atom. The molecule has 0 aliphatic rings. The van der Waals surface area contributed by atoms with Gasteiger partial charge in [0.25, 0.3) is 0 Å². The molecule has 2 radical (unpaired) electrons. The molecule has 0 aliphatic carbocycles. The third-order valence-electron chi connectivity index (χ3n) is 3.19. The molecule has 0 fully saturated rings. The molecule has 2 rings (SSSR count). The average Bonchev–Trinajstić information content (AvgIpc) is 2.45. The van der Waals surface area contributed by atoms with Gasteiger partial charge in [-0.2, -0.15) is 0 Å². The van der Waals surface area contributed by atoms with Crippen LogP contribution in [0.15, 0.2) is 18.3 Å². The van der Waals surface area contributed by atoms with Gasteiger partial charge in [-0.05, 0) is 24.0 Å². The Bertz CT molecular complexity index is 544. The van der Waals surface area contributed by atoms with Gasteiger partial charge in [0, 0.05) is 24.1 Å². The zero-order valence-electron chi connectivity index (χ0n) is 10.8. The third kappa shape index (κ3) is 1.66. The Morgan fingerprint density at radius 1 is 1.19 bits per heavy atom. The van der Waals surface area contributed by atoms with Gasteiger partial charge >= 0.3 is 0 Å². The monoisotopic (exact) mass is 211 g/mol. The molecule has 82 valence electrons. The molecule has 1 aromatic carbocycles. The van der Waals surface area contributed by atoms with Gasteiger partial charge in [0.05, 0.1) is 0 Å². The van der Waals surface area contributed by atoms with E-state index in [0.717, 1.165) is 11.0 Å². The van der Waals surface area contributed by atoms with Crippen molar-refractivity contribution in [3.05, 3.63) is 29.5 Å². The van der Waals surface area contributed by atoms with E-state index >= 15 is 0 Å². The first-order valence-electron chi connectivity index (χ1n) is 5.66. The lowest BCUT2D eigenvalue weighted by molar-refractivity contribution is 0.593. The van der Waals surface area contributed by atoms with Crippen LogP contribution < -0.4 is 5.46 Å². The van der Waals surface area contributed by atoms with Gasteiger partial charge in [0.15, 0.2) is 0 Å².